The molecule has 1 aromatic heterocycles. The molecule has 1 aliphatic rings. The average molecular weight is 501 g/mol. The number of likely N-dealkylation sites (tertiary alicyclic amines) is 1. The number of carbonyl (C=O) groups excluding carboxylic acids is 3. The molecule has 0 unspecified atom stereocenters. The Labute approximate surface area is 204 Å². The number of carbonyl (C=O) groups is 3. The van der Waals surface area contributed by atoms with Crippen LogP contribution in [0.2, 0.25) is 5.02 Å². The molecule has 0 spiro atoms. The molecule has 0 atom stereocenters. The summed E-state index contributed by atoms with van der Waals surface area (Å²) in [5.41, 5.74) is 6.06. The van der Waals surface area contributed by atoms with Gasteiger partial charge in [-0.2, -0.15) is 0 Å². The van der Waals surface area contributed by atoms with Gasteiger partial charge in [0, 0.05) is 35.0 Å². The summed E-state index contributed by atoms with van der Waals surface area (Å²) in [7, 11) is 0. The average Bonchev–Trinajstić information content (AvgIpc) is 3.34. The summed E-state index contributed by atoms with van der Waals surface area (Å²) in [5.74, 6) is -1.15. The first-order valence-electron chi connectivity index (χ1n) is 10.7. The van der Waals surface area contributed by atoms with Crippen LogP contribution in [0.1, 0.15) is 50.2 Å². The fourth-order valence-corrected chi connectivity index (χ4v) is 4.89. The Morgan fingerprint density at radius 2 is 1.76 bits per heavy atom. The maximum absolute atomic E-state index is 13.0. The second kappa shape index (κ2) is 10.8. The van der Waals surface area contributed by atoms with Crippen molar-refractivity contribution in [2.24, 2.45) is 0 Å². The van der Waals surface area contributed by atoms with Gasteiger partial charge in [-0.15, -0.1) is 11.3 Å². The molecule has 0 aliphatic carbocycles. The standard InChI is InChI=1S/C24H22ClFN4O3S/c25-18-3-1-2-17(13-18)22(32)28-29-23(33)20-14-34-24(27-20)16-8-10-30(11-9-16)21(31)12-15-4-6-19(26)7-5-15/h1-7,13-14,16H,8-12H2,(H,28,32)(H,29,33). The highest BCUT2D eigenvalue weighted by Gasteiger charge is 2.26. The highest BCUT2D eigenvalue weighted by molar-refractivity contribution is 7.09. The SMILES string of the molecule is O=C(NNC(=O)c1csc(C2CCN(C(=O)Cc3ccc(F)cc3)CC2)n1)c1cccc(Cl)c1. The minimum absolute atomic E-state index is 0.0136. The Hall–Kier alpha value is -3.30. The summed E-state index contributed by atoms with van der Waals surface area (Å²) in [6.07, 6.45) is 1.73. The van der Waals surface area contributed by atoms with Crippen molar-refractivity contribution in [2.75, 3.05) is 13.1 Å². The van der Waals surface area contributed by atoms with Gasteiger partial charge in [0.15, 0.2) is 0 Å². The minimum Gasteiger partial charge on any atom is -0.342 e. The third kappa shape index (κ3) is 5.98. The largest absolute Gasteiger partial charge is 0.342 e. The number of halogens is 2. The number of piperidine rings is 1. The van der Waals surface area contributed by atoms with Gasteiger partial charge in [-0.25, -0.2) is 9.37 Å². The molecule has 0 radical (unpaired) electrons. The van der Waals surface area contributed by atoms with Gasteiger partial charge in [0.05, 0.1) is 11.4 Å². The van der Waals surface area contributed by atoms with Crippen molar-refractivity contribution in [3.8, 4) is 0 Å². The number of nitrogens with one attached hydrogen (secondary N) is 2. The summed E-state index contributed by atoms with van der Waals surface area (Å²) < 4.78 is 13.0. The van der Waals surface area contributed by atoms with Crippen LogP contribution in [0.15, 0.2) is 53.9 Å². The van der Waals surface area contributed by atoms with Crippen molar-refractivity contribution >= 4 is 40.7 Å². The molecule has 3 aromatic rings. The lowest BCUT2D eigenvalue weighted by Crippen LogP contribution is -2.41. The Morgan fingerprint density at radius 1 is 1.06 bits per heavy atom. The number of aromatic nitrogens is 1. The van der Waals surface area contributed by atoms with Crippen LogP contribution in [-0.2, 0) is 11.2 Å². The van der Waals surface area contributed by atoms with E-state index in [1.165, 1.54) is 29.5 Å². The predicted octanol–water partition coefficient (Wildman–Crippen LogP) is 3.96. The van der Waals surface area contributed by atoms with E-state index in [0.717, 1.165) is 23.4 Å². The maximum Gasteiger partial charge on any atom is 0.289 e. The van der Waals surface area contributed by atoms with Gasteiger partial charge in [0.25, 0.3) is 11.8 Å². The number of rotatable bonds is 5. The summed E-state index contributed by atoms with van der Waals surface area (Å²) >= 11 is 7.27. The van der Waals surface area contributed by atoms with Crippen LogP contribution in [0.25, 0.3) is 0 Å². The molecule has 0 bridgehead atoms. The Morgan fingerprint density at radius 3 is 2.47 bits per heavy atom. The number of nitrogens with zero attached hydrogens (tertiary/aromatic N) is 2. The number of hydrogen-bond acceptors (Lipinski definition) is 5. The molecule has 1 aliphatic heterocycles. The van der Waals surface area contributed by atoms with E-state index in [4.69, 9.17) is 11.6 Å². The summed E-state index contributed by atoms with van der Waals surface area (Å²) in [4.78, 5) is 43.4. The zero-order valence-corrected chi connectivity index (χ0v) is 19.7. The molecular formula is C24H22ClFN4O3S. The van der Waals surface area contributed by atoms with Gasteiger partial charge < -0.3 is 4.90 Å². The van der Waals surface area contributed by atoms with Gasteiger partial charge in [0.1, 0.15) is 11.5 Å². The van der Waals surface area contributed by atoms with Gasteiger partial charge in [0.2, 0.25) is 5.91 Å². The lowest BCUT2D eigenvalue weighted by Gasteiger charge is -2.31. The lowest BCUT2D eigenvalue weighted by atomic mass is 9.97. The lowest BCUT2D eigenvalue weighted by molar-refractivity contribution is -0.131. The molecule has 2 heterocycles. The first-order chi connectivity index (χ1) is 16.4. The Bertz CT molecular complexity index is 1190. The molecule has 2 aromatic carbocycles. The van der Waals surface area contributed by atoms with Crippen LogP contribution < -0.4 is 10.9 Å². The fraction of sp³-hybridized carbons (Fsp3) is 0.250. The fourth-order valence-electron chi connectivity index (χ4n) is 3.72. The topological polar surface area (TPSA) is 91.4 Å². The number of benzene rings is 2. The molecule has 0 saturated carbocycles. The predicted molar refractivity (Wildman–Crippen MR) is 127 cm³/mol. The van der Waals surface area contributed by atoms with Crippen molar-refractivity contribution in [3.05, 3.63) is 86.6 Å². The van der Waals surface area contributed by atoms with Crippen molar-refractivity contribution in [1.29, 1.82) is 0 Å². The van der Waals surface area contributed by atoms with E-state index < -0.39 is 11.8 Å². The van der Waals surface area contributed by atoms with E-state index in [-0.39, 0.29) is 29.8 Å². The van der Waals surface area contributed by atoms with Crippen LogP contribution in [0.5, 0.6) is 0 Å². The van der Waals surface area contributed by atoms with Crippen LogP contribution in [0, 0.1) is 5.82 Å². The van der Waals surface area contributed by atoms with Crippen molar-refractivity contribution in [3.63, 3.8) is 0 Å². The number of hydrogen-bond donors (Lipinski definition) is 2. The van der Waals surface area contributed by atoms with Crippen molar-refractivity contribution in [2.45, 2.75) is 25.2 Å². The molecule has 34 heavy (non-hydrogen) atoms. The summed E-state index contributed by atoms with van der Waals surface area (Å²) in [6.45, 7) is 1.20. The van der Waals surface area contributed by atoms with Crippen LogP contribution >= 0.6 is 22.9 Å². The quantitative estimate of drug-likeness (QED) is 0.519. The molecule has 3 amide bonds. The zero-order chi connectivity index (χ0) is 24.1. The summed E-state index contributed by atoms with van der Waals surface area (Å²) in [5, 5.41) is 2.91. The van der Waals surface area contributed by atoms with E-state index in [9.17, 15) is 18.8 Å². The molecule has 4 rings (SSSR count). The number of thiazole rings is 1. The molecule has 1 saturated heterocycles. The van der Waals surface area contributed by atoms with Crippen LogP contribution in [0.3, 0.4) is 0 Å². The van der Waals surface area contributed by atoms with E-state index in [2.05, 4.69) is 15.8 Å². The van der Waals surface area contributed by atoms with E-state index in [1.54, 1.807) is 35.7 Å². The highest BCUT2D eigenvalue weighted by Crippen LogP contribution is 2.30. The first-order valence-corrected chi connectivity index (χ1v) is 12.0. The maximum atomic E-state index is 13.0. The number of hydrazine groups is 1. The second-order valence-electron chi connectivity index (χ2n) is 7.95. The Balaban J connectivity index is 1.26. The molecule has 176 valence electrons. The molecule has 10 heteroatoms. The van der Waals surface area contributed by atoms with Crippen molar-refractivity contribution in [1.82, 2.24) is 20.7 Å². The van der Waals surface area contributed by atoms with E-state index in [1.807, 2.05) is 4.90 Å². The zero-order valence-electron chi connectivity index (χ0n) is 18.1. The van der Waals surface area contributed by atoms with Gasteiger partial charge >= 0.3 is 0 Å². The summed E-state index contributed by atoms with van der Waals surface area (Å²) in [6, 6.07) is 12.3. The molecular weight excluding hydrogens is 479 g/mol. The number of amides is 3. The van der Waals surface area contributed by atoms with Gasteiger partial charge in [-0.3, -0.25) is 25.2 Å². The smallest absolute Gasteiger partial charge is 0.289 e. The van der Waals surface area contributed by atoms with Gasteiger partial charge in [-0.1, -0.05) is 29.8 Å². The van der Waals surface area contributed by atoms with Crippen LogP contribution in [0.4, 0.5) is 4.39 Å². The van der Waals surface area contributed by atoms with E-state index >= 15 is 0 Å². The Kier molecular flexibility index (Phi) is 7.54. The first kappa shape index (κ1) is 23.8. The molecule has 7 nitrogen and oxygen atoms in total. The molecule has 1 fully saturated rings. The third-order valence-corrected chi connectivity index (χ3v) is 6.84. The third-order valence-electron chi connectivity index (χ3n) is 5.60. The van der Waals surface area contributed by atoms with Crippen LogP contribution in [-0.4, -0.2) is 40.7 Å². The second-order valence-corrected chi connectivity index (χ2v) is 9.27. The van der Waals surface area contributed by atoms with Crippen molar-refractivity contribution < 1.29 is 18.8 Å². The highest BCUT2D eigenvalue weighted by atomic mass is 35.5. The minimum atomic E-state index is -0.509. The van der Waals surface area contributed by atoms with E-state index in [0.29, 0.717) is 23.7 Å². The normalized spacial score (nSPS) is 14.0. The monoisotopic (exact) mass is 500 g/mol. The van der Waals surface area contributed by atoms with Gasteiger partial charge in [-0.05, 0) is 48.7 Å². The molecule has 2 N–H and O–H groups in total.